The number of hydrogen-bond acceptors (Lipinski definition) is 5. The summed E-state index contributed by atoms with van der Waals surface area (Å²) >= 11 is 0. The normalized spacial score (nSPS) is 22.2. The van der Waals surface area contributed by atoms with Crippen LogP contribution in [0.1, 0.15) is 23.3 Å². The molecule has 6 heteroatoms. The average molecular weight is 316 g/mol. The molecule has 0 aliphatic carbocycles. The van der Waals surface area contributed by atoms with E-state index >= 15 is 0 Å². The first-order valence-corrected chi connectivity index (χ1v) is 7.76. The zero-order chi connectivity index (χ0) is 16.1. The van der Waals surface area contributed by atoms with E-state index in [2.05, 4.69) is 27.2 Å². The molecule has 3 unspecified atom stereocenters. The highest BCUT2D eigenvalue weighted by Gasteiger charge is 2.28. The van der Waals surface area contributed by atoms with Crippen LogP contribution in [0.3, 0.4) is 0 Å². The first-order valence-electron chi connectivity index (χ1n) is 7.76. The van der Waals surface area contributed by atoms with Gasteiger partial charge in [0, 0.05) is 37.9 Å². The number of halogens is 1. The van der Waals surface area contributed by atoms with E-state index in [1.165, 1.54) is 12.1 Å². The molecule has 23 heavy (non-hydrogen) atoms. The second kappa shape index (κ2) is 7.61. The van der Waals surface area contributed by atoms with Gasteiger partial charge in [0.15, 0.2) is 0 Å². The Bertz CT molecular complexity index is 608. The fourth-order valence-electron chi connectivity index (χ4n) is 2.85. The molecule has 2 heterocycles. The fraction of sp³-hybridized carbons (Fsp3) is 0.353. The molecule has 122 valence electrons. The summed E-state index contributed by atoms with van der Waals surface area (Å²) in [6.45, 7) is 2.04. The van der Waals surface area contributed by atoms with E-state index in [1.54, 1.807) is 18.3 Å². The van der Waals surface area contributed by atoms with Crippen molar-refractivity contribution in [1.82, 2.24) is 21.2 Å². The number of benzene rings is 1. The fourth-order valence-corrected chi connectivity index (χ4v) is 2.85. The van der Waals surface area contributed by atoms with Gasteiger partial charge in [-0.1, -0.05) is 18.2 Å². The molecule has 1 saturated heterocycles. The summed E-state index contributed by atoms with van der Waals surface area (Å²) in [6, 6.07) is 10.1. The summed E-state index contributed by atoms with van der Waals surface area (Å²) in [7, 11) is 0. The lowest BCUT2D eigenvalue weighted by Gasteiger charge is -2.20. The molecule has 3 rings (SSSR count). The average Bonchev–Trinajstić information content (AvgIpc) is 3.05. The molecular formula is C17H21FN4O. The van der Waals surface area contributed by atoms with Crippen molar-refractivity contribution in [2.75, 3.05) is 19.6 Å². The minimum Gasteiger partial charge on any atom is -0.387 e. The van der Waals surface area contributed by atoms with Gasteiger partial charge in [0.25, 0.3) is 0 Å². The maximum Gasteiger partial charge on any atom is 0.123 e. The maximum atomic E-state index is 12.9. The number of rotatable bonds is 6. The maximum absolute atomic E-state index is 12.9. The predicted molar refractivity (Wildman–Crippen MR) is 85.8 cm³/mol. The van der Waals surface area contributed by atoms with Crippen LogP contribution in [0.4, 0.5) is 4.39 Å². The van der Waals surface area contributed by atoms with Crippen molar-refractivity contribution >= 4 is 0 Å². The Kier molecular flexibility index (Phi) is 5.30. The van der Waals surface area contributed by atoms with Crippen LogP contribution in [-0.2, 0) is 0 Å². The second-order valence-electron chi connectivity index (χ2n) is 5.77. The van der Waals surface area contributed by atoms with Gasteiger partial charge < -0.3 is 10.4 Å². The number of aliphatic hydroxyl groups is 1. The van der Waals surface area contributed by atoms with Gasteiger partial charge in [-0.2, -0.15) is 0 Å². The van der Waals surface area contributed by atoms with Crippen LogP contribution < -0.4 is 16.2 Å². The van der Waals surface area contributed by atoms with E-state index in [-0.39, 0.29) is 11.9 Å². The van der Waals surface area contributed by atoms with Gasteiger partial charge in [-0.25, -0.2) is 9.82 Å². The Morgan fingerprint density at radius 2 is 2.13 bits per heavy atom. The molecule has 0 saturated carbocycles. The van der Waals surface area contributed by atoms with Crippen LogP contribution in [0.15, 0.2) is 48.8 Å². The molecule has 3 atom stereocenters. The molecule has 4 N–H and O–H groups in total. The highest BCUT2D eigenvalue weighted by atomic mass is 19.1. The molecular weight excluding hydrogens is 295 g/mol. The van der Waals surface area contributed by atoms with Gasteiger partial charge in [-0.3, -0.25) is 10.4 Å². The molecule has 1 aliphatic rings. The standard InChI is InChI=1S/C17H21FN4O/c18-15-5-3-12(4-6-15)16(23)11-20-9-14-10-21-22-17(14)13-2-1-7-19-8-13/h1-8,14,16-17,20-23H,9-11H2. The minimum absolute atomic E-state index is 0.194. The third kappa shape index (κ3) is 4.11. The summed E-state index contributed by atoms with van der Waals surface area (Å²) in [4.78, 5) is 4.16. The molecule has 0 radical (unpaired) electrons. The van der Waals surface area contributed by atoms with Crippen LogP contribution >= 0.6 is 0 Å². The Hall–Kier alpha value is -1.86. The highest BCUT2D eigenvalue weighted by Crippen LogP contribution is 2.23. The van der Waals surface area contributed by atoms with Crippen molar-refractivity contribution in [3.63, 3.8) is 0 Å². The zero-order valence-corrected chi connectivity index (χ0v) is 12.7. The second-order valence-corrected chi connectivity index (χ2v) is 5.77. The van der Waals surface area contributed by atoms with Gasteiger partial charge >= 0.3 is 0 Å². The summed E-state index contributed by atoms with van der Waals surface area (Å²) in [5.74, 6) is 0.0657. The summed E-state index contributed by atoms with van der Waals surface area (Å²) in [5, 5.41) is 13.4. The van der Waals surface area contributed by atoms with Crippen molar-refractivity contribution in [2.24, 2.45) is 5.92 Å². The molecule has 1 aliphatic heterocycles. The van der Waals surface area contributed by atoms with Crippen LogP contribution in [0, 0.1) is 11.7 Å². The van der Waals surface area contributed by atoms with E-state index in [0.717, 1.165) is 18.7 Å². The van der Waals surface area contributed by atoms with Crippen molar-refractivity contribution in [1.29, 1.82) is 0 Å². The van der Waals surface area contributed by atoms with E-state index in [0.29, 0.717) is 18.0 Å². The molecule has 5 nitrogen and oxygen atoms in total. The summed E-state index contributed by atoms with van der Waals surface area (Å²) < 4.78 is 12.9. The number of aliphatic hydroxyl groups excluding tert-OH is 1. The first-order chi connectivity index (χ1) is 11.2. The quantitative estimate of drug-likeness (QED) is 0.647. The molecule has 0 amide bonds. The van der Waals surface area contributed by atoms with Crippen molar-refractivity contribution in [3.8, 4) is 0 Å². The summed E-state index contributed by atoms with van der Waals surface area (Å²) in [5.41, 5.74) is 8.30. The predicted octanol–water partition coefficient (Wildman–Crippen LogP) is 1.31. The molecule has 2 aromatic rings. The topological polar surface area (TPSA) is 69.2 Å². The SMILES string of the molecule is OC(CNCC1CNNC1c1cccnc1)c1ccc(F)cc1. The van der Waals surface area contributed by atoms with Crippen LogP contribution in [0.5, 0.6) is 0 Å². The number of pyridine rings is 1. The highest BCUT2D eigenvalue weighted by molar-refractivity contribution is 5.19. The monoisotopic (exact) mass is 316 g/mol. The van der Waals surface area contributed by atoms with Crippen molar-refractivity contribution in [3.05, 3.63) is 65.7 Å². The number of nitrogens with one attached hydrogen (secondary N) is 3. The third-order valence-corrected chi connectivity index (χ3v) is 4.14. The molecule has 0 spiro atoms. The first kappa shape index (κ1) is 16.0. The number of nitrogens with zero attached hydrogens (tertiary/aromatic N) is 1. The number of aromatic nitrogens is 1. The van der Waals surface area contributed by atoms with Crippen LogP contribution in [0.2, 0.25) is 0 Å². The zero-order valence-electron chi connectivity index (χ0n) is 12.7. The minimum atomic E-state index is -0.644. The lowest BCUT2D eigenvalue weighted by Crippen LogP contribution is -2.31. The van der Waals surface area contributed by atoms with E-state index in [1.807, 2.05) is 12.3 Å². The summed E-state index contributed by atoms with van der Waals surface area (Å²) in [6.07, 6.45) is 2.98. The van der Waals surface area contributed by atoms with Crippen molar-refractivity contribution < 1.29 is 9.50 Å². The van der Waals surface area contributed by atoms with Gasteiger partial charge in [0.05, 0.1) is 12.1 Å². The van der Waals surface area contributed by atoms with E-state index in [4.69, 9.17) is 0 Å². The largest absolute Gasteiger partial charge is 0.387 e. The Balaban J connectivity index is 1.51. The number of hydrazine groups is 1. The molecule has 1 fully saturated rings. The van der Waals surface area contributed by atoms with Crippen molar-refractivity contribution in [2.45, 2.75) is 12.1 Å². The Labute approximate surface area is 134 Å². The smallest absolute Gasteiger partial charge is 0.123 e. The number of hydrogen-bond donors (Lipinski definition) is 4. The third-order valence-electron chi connectivity index (χ3n) is 4.14. The van der Waals surface area contributed by atoms with Crippen LogP contribution in [-0.4, -0.2) is 29.7 Å². The molecule has 1 aromatic carbocycles. The van der Waals surface area contributed by atoms with Gasteiger partial charge in [-0.15, -0.1) is 0 Å². The lowest BCUT2D eigenvalue weighted by molar-refractivity contribution is 0.172. The van der Waals surface area contributed by atoms with Gasteiger partial charge in [0.2, 0.25) is 0 Å². The van der Waals surface area contributed by atoms with E-state index < -0.39 is 6.10 Å². The van der Waals surface area contributed by atoms with Gasteiger partial charge in [-0.05, 0) is 29.3 Å². The van der Waals surface area contributed by atoms with Gasteiger partial charge in [0.1, 0.15) is 5.82 Å². The van der Waals surface area contributed by atoms with E-state index in [9.17, 15) is 9.50 Å². The Morgan fingerprint density at radius 1 is 1.30 bits per heavy atom. The van der Waals surface area contributed by atoms with Crippen LogP contribution in [0.25, 0.3) is 0 Å². The molecule has 0 bridgehead atoms. The molecule has 1 aromatic heterocycles. The lowest BCUT2D eigenvalue weighted by atomic mass is 9.96. The Morgan fingerprint density at radius 3 is 2.87 bits per heavy atom.